The van der Waals surface area contributed by atoms with Crippen LogP contribution in [0.5, 0.6) is 0 Å². The van der Waals surface area contributed by atoms with Crippen LogP contribution in [0.25, 0.3) is 119 Å². The summed E-state index contributed by atoms with van der Waals surface area (Å²) in [6.45, 7) is 0. The molecule has 0 aliphatic rings. The normalized spacial score (nSPS) is 11.5. The van der Waals surface area contributed by atoms with E-state index in [0.717, 1.165) is 98.7 Å². The summed E-state index contributed by atoms with van der Waals surface area (Å²) >= 11 is 3.51. The van der Waals surface area contributed by atoms with Crippen molar-refractivity contribution in [3.05, 3.63) is 206 Å². The van der Waals surface area contributed by atoms with E-state index in [9.17, 15) is 0 Å². The average molecular weight is 827 g/mol. The molecule has 4 aromatic heterocycles. The van der Waals surface area contributed by atoms with E-state index in [0.29, 0.717) is 0 Å². The molecule has 0 spiro atoms. The highest BCUT2D eigenvalue weighted by Gasteiger charge is 2.19. The molecule has 0 saturated carbocycles. The fraction of sp³-hybridized carbons (Fsp3) is 0. The molecule has 0 saturated heterocycles. The minimum Gasteiger partial charge on any atom is -0.226 e. The molecule has 0 atom stereocenters. The van der Waals surface area contributed by atoms with Gasteiger partial charge in [0.15, 0.2) is 11.6 Å². The lowest BCUT2D eigenvalue weighted by Gasteiger charge is -2.11. The van der Waals surface area contributed by atoms with Crippen LogP contribution in [0.3, 0.4) is 0 Å². The lowest BCUT2D eigenvalue weighted by Crippen LogP contribution is -1.94. The Morgan fingerprint density at radius 1 is 0.258 bits per heavy atom. The quantitative estimate of drug-likeness (QED) is 0.161. The predicted octanol–water partition coefficient (Wildman–Crippen LogP) is 15.7. The van der Waals surface area contributed by atoms with E-state index in [1.165, 1.54) is 20.5 Å². The molecule has 12 rings (SSSR count). The number of fused-ring (bicyclic) bond motifs is 6. The molecule has 8 aromatic carbocycles. The highest BCUT2D eigenvalue weighted by Crippen LogP contribution is 2.42. The van der Waals surface area contributed by atoms with Crippen LogP contribution in [0.15, 0.2) is 206 Å². The van der Waals surface area contributed by atoms with Gasteiger partial charge in [0.05, 0.1) is 31.8 Å². The number of hydrogen-bond donors (Lipinski definition) is 0. The van der Waals surface area contributed by atoms with Crippen molar-refractivity contribution in [2.45, 2.75) is 0 Å². The Labute approximate surface area is 366 Å². The summed E-state index contributed by atoms with van der Waals surface area (Å²) in [5, 5.41) is 2.30. The van der Waals surface area contributed by atoms with Crippen LogP contribution < -0.4 is 0 Å². The van der Waals surface area contributed by atoms with Gasteiger partial charge in [0, 0.05) is 42.4 Å². The molecule has 0 N–H and O–H groups in total. The zero-order valence-corrected chi connectivity index (χ0v) is 34.9. The number of benzene rings is 8. The van der Waals surface area contributed by atoms with Crippen LogP contribution in [-0.4, -0.2) is 19.9 Å². The number of hydrogen-bond acceptors (Lipinski definition) is 6. The van der Waals surface area contributed by atoms with Gasteiger partial charge < -0.3 is 0 Å². The van der Waals surface area contributed by atoms with Gasteiger partial charge in [-0.25, -0.2) is 19.9 Å². The first kappa shape index (κ1) is 36.2. The molecule has 62 heavy (non-hydrogen) atoms. The van der Waals surface area contributed by atoms with Crippen molar-refractivity contribution in [1.82, 2.24) is 19.9 Å². The van der Waals surface area contributed by atoms with Crippen LogP contribution in [0.4, 0.5) is 0 Å². The first-order valence-electron chi connectivity index (χ1n) is 20.6. The summed E-state index contributed by atoms with van der Waals surface area (Å²) in [6.07, 6.45) is 0. The predicted molar refractivity (Wildman–Crippen MR) is 261 cm³/mol. The Morgan fingerprint density at radius 2 is 0.597 bits per heavy atom. The molecule has 0 bridgehead atoms. The van der Waals surface area contributed by atoms with E-state index in [1.807, 2.05) is 12.1 Å². The highest BCUT2D eigenvalue weighted by atomic mass is 32.1. The van der Waals surface area contributed by atoms with Gasteiger partial charge in [-0.3, -0.25) is 0 Å². The van der Waals surface area contributed by atoms with Crippen LogP contribution in [0, 0.1) is 0 Å². The van der Waals surface area contributed by atoms with Gasteiger partial charge in [0.25, 0.3) is 0 Å². The van der Waals surface area contributed by atoms with E-state index >= 15 is 0 Å². The Balaban J connectivity index is 0.916. The van der Waals surface area contributed by atoms with Crippen molar-refractivity contribution in [3.8, 4) is 78.7 Å². The largest absolute Gasteiger partial charge is 0.226 e. The van der Waals surface area contributed by atoms with Crippen molar-refractivity contribution in [2.24, 2.45) is 0 Å². The van der Waals surface area contributed by atoms with Crippen LogP contribution >= 0.6 is 22.7 Å². The molecule has 0 aliphatic heterocycles. The number of thiophene rings is 2. The molecular formula is C56H34N4S2. The second kappa shape index (κ2) is 15.1. The molecule has 6 heteroatoms. The van der Waals surface area contributed by atoms with Gasteiger partial charge in [0.1, 0.15) is 0 Å². The Kier molecular flexibility index (Phi) is 8.84. The molecule has 4 heterocycles. The number of nitrogens with zero attached hydrogens (tertiary/aromatic N) is 4. The molecular weight excluding hydrogens is 793 g/mol. The van der Waals surface area contributed by atoms with Crippen molar-refractivity contribution in [2.75, 3.05) is 0 Å². The first-order chi connectivity index (χ1) is 30.7. The number of aromatic nitrogens is 4. The molecule has 0 unspecified atom stereocenters. The standard InChI is InChI=1S/C56H34N4S2/c1-3-13-35(14-4-1)41-17-11-19-43(33-41)55-57-49(53-51(59-55)45-21-7-9-23-47(45)61-53)39-29-25-37(26-30-39)38-27-31-40(32-28-38)50-54-52(46-22-8-10-24-48(46)62-54)60-56(58-50)44-20-12-18-42(34-44)36-15-5-2-6-16-36/h1-34H. The summed E-state index contributed by atoms with van der Waals surface area (Å²) in [7, 11) is 0. The maximum Gasteiger partial charge on any atom is 0.160 e. The summed E-state index contributed by atoms with van der Waals surface area (Å²) in [5.41, 5.74) is 14.8. The van der Waals surface area contributed by atoms with Crippen molar-refractivity contribution in [1.29, 1.82) is 0 Å². The Morgan fingerprint density at radius 3 is 1.03 bits per heavy atom. The monoisotopic (exact) mass is 826 g/mol. The first-order valence-corrected chi connectivity index (χ1v) is 22.2. The maximum atomic E-state index is 5.30. The molecule has 0 fully saturated rings. The van der Waals surface area contributed by atoms with Gasteiger partial charge >= 0.3 is 0 Å². The molecule has 290 valence electrons. The molecule has 4 nitrogen and oxygen atoms in total. The number of rotatable bonds is 7. The van der Waals surface area contributed by atoms with E-state index in [1.54, 1.807) is 22.7 Å². The zero-order chi connectivity index (χ0) is 41.0. The summed E-state index contributed by atoms with van der Waals surface area (Å²) in [4.78, 5) is 21.0. The second-order valence-corrected chi connectivity index (χ2v) is 17.5. The maximum absolute atomic E-state index is 5.30. The third-order valence-electron chi connectivity index (χ3n) is 11.5. The van der Waals surface area contributed by atoms with Gasteiger partial charge in [-0.05, 0) is 57.6 Å². The lowest BCUT2D eigenvalue weighted by molar-refractivity contribution is 1.24. The van der Waals surface area contributed by atoms with Crippen molar-refractivity contribution in [3.63, 3.8) is 0 Å². The van der Waals surface area contributed by atoms with E-state index < -0.39 is 0 Å². The summed E-state index contributed by atoms with van der Waals surface area (Å²) in [6, 6.07) is 72.6. The van der Waals surface area contributed by atoms with Gasteiger partial charge in [0.2, 0.25) is 0 Å². The molecule has 0 aliphatic carbocycles. The third-order valence-corrected chi connectivity index (χ3v) is 13.9. The van der Waals surface area contributed by atoms with Crippen molar-refractivity contribution < 1.29 is 0 Å². The minimum absolute atomic E-state index is 0.720. The van der Waals surface area contributed by atoms with Gasteiger partial charge in [-0.1, -0.05) is 182 Å². The smallest absolute Gasteiger partial charge is 0.160 e. The van der Waals surface area contributed by atoms with Crippen LogP contribution in [0.1, 0.15) is 0 Å². The molecule has 0 amide bonds. The van der Waals surface area contributed by atoms with Gasteiger partial charge in [-0.15, -0.1) is 22.7 Å². The van der Waals surface area contributed by atoms with Crippen molar-refractivity contribution >= 4 is 63.3 Å². The summed E-state index contributed by atoms with van der Waals surface area (Å²) in [5.74, 6) is 1.44. The molecule has 12 aromatic rings. The topological polar surface area (TPSA) is 51.6 Å². The molecule has 0 radical (unpaired) electrons. The Bertz CT molecular complexity index is 3370. The minimum atomic E-state index is 0.720. The van der Waals surface area contributed by atoms with E-state index in [4.69, 9.17) is 19.9 Å². The van der Waals surface area contributed by atoms with E-state index in [2.05, 4.69) is 194 Å². The SMILES string of the molecule is c1ccc(-c2cccc(-c3nc(-c4ccc(-c5ccc(-c6nc(-c7cccc(-c8ccccc8)c7)nc7c6sc6ccccc67)cc5)cc4)c4sc5ccccc5c4n3)c2)cc1. The highest BCUT2D eigenvalue weighted by molar-refractivity contribution is 7.26. The Hall–Kier alpha value is -7.64. The zero-order valence-electron chi connectivity index (χ0n) is 33.2. The van der Waals surface area contributed by atoms with Gasteiger partial charge in [-0.2, -0.15) is 0 Å². The fourth-order valence-corrected chi connectivity index (χ4v) is 10.7. The van der Waals surface area contributed by atoms with E-state index in [-0.39, 0.29) is 0 Å². The fourth-order valence-electron chi connectivity index (χ4n) is 8.41. The van der Waals surface area contributed by atoms with Crippen LogP contribution in [-0.2, 0) is 0 Å². The van der Waals surface area contributed by atoms with Crippen LogP contribution in [0.2, 0.25) is 0 Å². The second-order valence-electron chi connectivity index (χ2n) is 15.4. The summed E-state index contributed by atoms with van der Waals surface area (Å²) < 4.78 is 4.59. The lowest BCUT2D eigenvalue weighted by atomic mass is 10.00. The average Bonchev–Trinajstić information content (AvgIpc) is 3.93. The third kappa shape index (κ3) is 6.45.